The number of carbonyl (C=O) groups is 2. The lowest BCUT2D eigenvalue weighted by atomic mass is 10.0. The lowest BCUT2D eigenvalue weighted by molar-refractivity contribution is -0.870. The summed E-state index contributed by atoms with van der Waals surface area (Å²) in [7, 11) is 1.51. The van der Waals surface area contributed by atoms with Crippen molar-refractivity contribution in [2.75, 3.05) is 47.5 Å². The lowest BCUT2D eigenvalue weighted by Gasteiger charge is -2.24. The van der Waals surface area contributed by atoms with Crippen LogP contribution in [0.2, 0.25) is 0 Å². The highest BCUT2D eigenvalue weighted by molar-refractivity contribution is 7.47. The number of ether oxygens (including phenoxy) is 2. The molecule has 58 heavy (non-hydrogen) atoms. The van der Waals surface area contributed by atoms with Gasteiger partial charge in [0, 0.05) is 12.8 Å². The van der Waals surface area contributed by atoms with E-state index in [4.69, 9.17) is 18.5 Å². The summed E-state index contributed by atoms with van der Waals surface area (Å²) in [4.78, 5) is 35.7. The molecule has 0 bridgehead atoms. The minimum Gasteiger partial charge on any atom is -0.462 e. The van der Waals surface area contributed by atoms with Gasteiger partial charge in [0.2, 0.25) is 0 Å². The summed E-state index contributed by atoms with van der Waals surface area (Å²) in [6, 6.07) is 0. The highest BCUT2D eigenvalue weighted by Crippen LogP contribution is 2.55. The first kappa shape index (κ1) is 49.7. The van der Waals surface area contributed by atoms with Crippen molar-refractivity contribution in [1.29, 1.82) is 0 Å². The lowest BCUT2D eigenvalue weighted by Crippen LogP contribution is -2.37. The summed E-state index contributed by atoms with van der Waals surface area (Å²) < 4.78 is 34.6. The number of esters is 2. The molecule has 4 fully saturated rings. The summed E-state index contributed by atoms with van der Waals surface area (Å²) >= 11 is 0. The average molecular weight is 839 g/mol. The Bertz CT molecular complexity index is 1210. The molecule has 0 amide bonds. The van der Waals surface area contributed by atoms with E-state index in [1.807, 2.05) is 21.1 Å². The second-order valence-electron chi connectivity index (χ2n) is 20.5. The van der Waals surface area contributed by atoms with Crippen LogP contribution in [-0.4, -0.2) is 74.9 Å². The van der Waals surface area contributed by atoms with Crippen LogP contribution in [-0.2, 0) is 32.7 Å². The molecule has 1 N–H and O–H groups in total. The molecule has 0 heterocycles. The molecule has 9 nitrogen and oxygen atoms in total. The molecule has 0 aromatic heterocycles. The molecular formula is C48H89NO8P+. The van der Waals surface area contributed by atoms with E-state index in [9.17, 15) is 19.0 Å². The summed E-state index contributed by atoms with van der Waals surface area (Å²) in [5.41, 5.74) is 0. The largest absolute Gasteiger partial charge is 0.472 e. The molecule has 9 unspecified atom stereocenters. The predicted octanol–water partition coefficient (Wildman–Crippen LogP) is 12.2. The standard InChI is InChI=1S/C48H88NO8P/c1-6-8-16-22-38-30-42(38)34-44-32-40(44)24-18-12-10-14-20-26-47(50)54-36-46(37-56-58(52,53)55-29-28-49(3,4)5)57-48(51)27-21-15-11-13-19-25-41-33-45(41)35-43-31-39(43)23-17-9-7-2/h38-46H,6-37H2,1-5H3/p+1/t38?,39?,40?,41?,42?,43?,44?,45?,46-/m1/s1. The number of phosphoric acid groups is 1. The van der Waals surface area contributed by atoms with Crippen LogP contribution in [0, 0.1) is 47.3 Å². The summed E-state index contributed by atoms with van der Waals surface area (Å²) in [6.07, 6.45) is 33.0. The average Bonchev–Trinajstić information content (AvgIpc) is 3.99. The summed E-state index contributed by atoms with van der Waals surface area (Å²) in [6.45, 7) is 4.54. The number of carbonyl (C=O) groups excluding carboxylic acids is 2. The van der Waals surface area contributed by atoms with Gasteiger partial charge in [-0.2, -0.15) is 0 Å². The molecule has 0 spiro atoms. The maximum Gasteiger partial charge on any atom is 0.472 e. The van der Waals surface area contributed by atoms with E-state index in [-0.39, 0.29) is 32.2 Å². The van der Waals surface area contributed by atoms with Gasteiger partial charge < -0.3 is 18.9 Å². The molecule has 10 heteroatoms. The Morgan fingerprint density at radius 1 is 0.569 bits per heavy atom. The molecule has 0 aliphatic heterocycles. The molecule has 4 aliphatic rings. The number of nitrogens with zero attached hydrogens (tertiary/aromatic N) is 1. The van der Waals surface area contributed by atoms with Crippen molar-refractivity contribution in [2.45, 2.75) is 200 Å². The monoisotopic (exact) mass is 839 g/mol. The Labute approximate surface area is 355 Å². The van der Waals surface area contributed by atoms with Crippen molar-refractivity contribution >= 4 is 19.8 Å². The van der Waals surface area contributed by atoms with Crippen LogP contribution < -0.4 is 0 Å². The third-order valence-corrected chi connectivity index (χ3v) is 14.9. The number of rotatable bonds is 38. The predicted molar refractivity (Wildman–Crippen MR) is 234 cm³/mol. The van der Waals surface area contributed by atoms with Gasteiger partial charge in [0.1, 0.15) is 19.8 Å². The summed E-state index contributed by atoms with van der Waals surface area (Å²) in [5, 5.41) is 0. The third-order valence-electron chi connectivity index (χ3n) is 13.9. The first-order chi connectivity index (χ1) is 27.9. The van der Waals surface area contributed by atoms with Crippen molar-refractivity contribution in [2.24, 2.45) is 47.3 Å². The maximum absolute atomic E-state index is 12.8. The van der Waals surface area contributed by atoms with E-state index in [0.29, 0.717) is 17.4 Å². The van der Waals surface area contributed by atoms with E-state index in [1.54, 1.807) is 0 Å². The normalized spacial score (nSPS) is 27.5. The minimum atomic E-state index is -4.37. The van der Waals surface area contributed by atoms with Gasteiger partial charge in [-0.25, -0.2) is 4.57 Å². The van der Waals surface area contributed by atoms with Crippen molar-refractivity contribution in [3.63, 3.8) is 0 Å². The fourth-order valence-electron chi connectivity index (χ4n) is 9.58. The molecule has 0 radical (unpaired) electrons. The number of quaternary nitrogens is 1. The van der Waals surface area contributed by atoms with Gasteiger partial charge in [0.05, 0.1) is 27.7 Å². The second-order valence-corrected chi connectivity index (χ2v) is 22.0. The molecule has 0 aromatic carbocycles. The Balaban J connectivity index is 1.02. The van der Waals surface area contributed by atoms with E-state index < -0.39 is 19.9 Å². The Hall–Kier alpha value is -0.990. The van der Waals surface area contributed by atoms with E-state index in [1.165, 1.54) is 128 Å². The molecule has 4 rings (SSSR count). The van der Waals surface area contributed by atoms with Gasteiger partial charge in [0.25, 0.3) is 0 Å². The molecule has 4 aliphatic carbocycles. The van der Waals surface area contributed by atoms with Gasteiger partial charge in [-0.3, -0.25) is 18.6 Å². The van der Waals surface area contributed by atoms with Crippen LogP contribution in [0.4, 0.5) is 0 Å². The molecule has 338 valence electrons. The van der Waals surface area contributed by atoms with Crippen LogP contribution >= 0.6 is 7.82 Å². The van der Waals surface area contributed by atoms with E-state index >= 15 is 0 Å². The fourth-order valence-corrected chi connectivity index (χ4v) is 10.3. The zero-order valence-electron chi connectivity index (χ0n) is 38.0. The molecule has 4 saturated carbocycles. The minimum absolute atomic E-state index is 0.0409. The smallest absolute Gasteiger partial charge is 0.462 e. The highest BCUT2D eigenvalue weighted by Gasteiger charge is 2.45. The SMILES string of the molecule is CCCCCC1CC1CC1CC1CCCCCCCC(=O)OC[C@H](COP(=O)(O)OCC[N+](C)(C)C)OC(=O)CCCCCCCC1CC1CC1CC1CCCCC. The zero-order valence-corrected chi connectivity index (χ0v) is 38.9. The number of phosphoric ester groups is 1. The van der Waals surface area contributed by atoms with Crippen molar-refractivity contribution in [1.82, 2.24) is 0 Å². The quantitative estimate of drug-likeness (QED) is 0.0283. The second kappa shape index (κ2) is 26.5. The van der Waals surface area contributed by atoms with Gasteiger partial charge in [0.15, 0.2) is 6.10 Å². The Morgan fingerprint density at radius 3 is 1.43 bits per heavy atom. The molecule has 10 atom stereocenters. The van der Waals surface area contributed by atoms with Gasteiger partial charge in [-0.05, 0) is 98.7 Å². The Morgan fingerprint density at radius 2 is 0.983 bits per heavy atom. The topological polar surface area (TPSA) is 108 Å². The van der Waals surface area contributed by atoms with Crippen molar-refractivity contribution in [3.05, 3.63) is 0 Å². The first-order valence-corrected chi connectivity index (χ1v) is 26.1. The van der Waals surface area contributed by atoms with Gasteiger partial charge >= 0.3 is 19.8 Å². The summed E-state index contributed by atoms with van der Waals surface area (Å²) in [5.74, 6) is 7.30. The maximum atomic E-state index is 12.8. The Kier molecular flexibility index (Phi) is 22.7. The molecular weight excluding hydrogens is 750 g/mol. The van der Waals surface area contributed by atoms with Crippen LogP contribution in [0.1, 0.15) is 194 Å². The van der Waals surface area contributed by atoms with Crippen LogP contribution in [0.5, 0.6) is 0 Å². The van der Waals surface area contributed by atoms with E-state index in [0.717, 1.165) is 85.9 Å². The molecule has 0 aromatic rings. The number of unbranched alkanes of at least 4 members (excludes halogenated alkanes) is 12. The van der Waals surface area contributed by atoms with Crippen LogP contribution in [0.3, 0.4) is 0 Å². The fraction of sp³-hybridized carbons (Fsp3) is 0.958. The van der Waals surface area contributed by atoms with Gasteiger partial charge in [-0.15, -0.1) is 0 Å². The van der Waals surface area contributed by atoms with E-state index in [2.05, 4.69) is 13.8 Å². The van der Waals surface area contributed by atoms with Crippen LogP contribution in [0.15, 0.2) is 0 Å². The first-order valence-electron chi connectivity index (χ1n) is 24.6. The number of hydrogen-bond acceptors (Lipinski definition) is 7. The zero-order chi connectivity index (χ0) is 41.8. The third kappa shape index (κ3) is 22.7. The molecule has 0 saturated heterocycles. The van der Waals surface area contributed by atoms with Crippen LogP contribution in [0.25, 0.3) is 0 Å². The highest BCUT2D eigenvalue weighted by atomic mass is 31.2. The van der Waals surface area contributed by atoms with Crippen molar-refractivity contribution in [3.8, 4) is 0 Å². The number of likely N-dealkylation sites (N-methyl/N-ethyl adjacent to an activating group) is 1. The van der Waals surface area contributed by atoms with Crippen molar-refractivity contribution < 1.29 is 42.1 Å². The van der Waals surface area contributed by atoms with Gasteiger partial charge in [-0.1, -0.05) is 129 Å². The number of hydrogen-bond donors (Lipinski definition) is 1.